The van der Waals surface area contributed by atoms with E-state index < -0.39 is 17.6 Å². The molecule has 3 aromatic carbocycles. The van der Waals surface area contributed by atoms with Gasteiger partial charge in [-0.25, -0.2) is 8.78 Å². The van der Waals surface area contributed by atoms with Crippen LogP contribution in [0.25, 0.3) is 0 Å². The van der Waals surface area contributed by atoms with E-state index in [0.29, 0.717) is 30.8 Å². The summed E-state index contributed by atoms with van der Waals surface area (Å²) in [4.78, 5) is 16.2. The largest absolute Gasteiger partial charge is 0.481 e. The van der Waals surface area contributed by atoms with Crippen LogP contribution in [-0.4, -0.2) is 23.3 Å². The number of nitrogens with one attached hydrogen (secondary N) is 1. The second-order valence-electron chi connectivity index (χ2n) is 9.02. The van der Waals surface area contributed by atoms with Crippen molar-refractivity contribution in [3.8, 4) is 0 Å². The molecular weight excluding hydrogens is 462 g/mol. The number of halogens is 2. The lowest BCUT2D eigenvalue weighted by molar-refractivity contribution is -0.136. The van der Waals surface area contributed by atoms with Crippen LogP contribution in [0.15, 0.2) is 65.8 Å². The number of rotatable bonds is 12. The van der Waals surface area contributed by atoms with Gasteiger partial charge in [0.2, 0.25) is 0 Å². The molecule has 0 saturated carbocycles. The van der Waals surface area contributed by atoms with E-state index in [1.807, 2.05) is 50.2 Å². The zero-order valence-corrected chi connectivity index (χ0v) is 20.9. The lowest BCUT2D eigenvalue weighted by Gasteiger charge is -2.18. The molecule has 1 unspecified atom stereocenters. The van der Waals surface area contributed by atoms with Crippen molar-refractivity contribution in [3.05, 3.63) is 106 Å². The maximum absolute atomic E-state index is 14.0. The molecule has 190 valence electrons. The van der Waals surface area contributed by atoms with Crippen LogP contribution in [0.2, 0.25) is 0 Å². The van der Waals surface area contributed by atoms with E-state index in [1.165, 1.54) is 17.7 Å². The van der Waals surface area contributed by atoms with Crippen LogP contribution < -0.4 is 5.32 Å². The van der Waals surface area contributed by atoms with Crippen LogP contribution in [0.3, 0.4) is 0 Å². The summed E-state index contributed by atoms with van der Waals surface area (Å²) in [6, 6.07) is 17.5. The van der Waals surface area contributed by atoms with Gasteiger partial charge in [0.05, 0.1) is 12.1 Å². The van der Waals surface area contributed by atoms with Gasteiger partial charge in [-0.3, -0.25) is 4.79 Å². The van der Waals surface area contributed by atoms with Crippen LogP contribution in [0, 0.1) is 25.5 Å². The summed E-state index contributed by atoms with van der Waals surface area (Å²) in [5.41, 5.74) is 6.47. The van der Waals surface area contributed by atoms with Crippen molar-refractivity contribution in [1.82, 2.24) is 5.32 Å². The number of aryl methyl sites for hydroxylation is 2. The fourth-order valence-corrected chi connectivity index (χ4v) is 3.90. The highest BCUT2D eigenvalue weighted by Gasteiger charge is 2.19. The summed E-state index contributed by atoms with van der Waals surface area (Å²) in [5, 5.41) is 16.1. The normalized spacial score (nSPS) is 12.4. The minimum atomic E-state index is -0.829. The van der Waals surface area contributed by atoms with Gasteiger partial charge in [0.1, 0.15) is 18.2 Å². The summed E-state index contributed by atoms with van der Waals surface area (Å²) in [5.74, 6) is -2.43. The predicted molar refractivity (Wildman–Crippen MR) is 137 cm³/mol. The van der Waals surface area contributed by atoms with Gasteiger partial charge in [0, 0.05) is 25.1 Å². The molecule has 0 amide bonds. The van der Waals surface area contributed by atoms with Gasteiger partial charge >= 0.3 is 5.97 Å². The Morgan fingerprint density at radius 1 is 0.944 bits per heavy atom. The minimum Gasteiger partial charge on any atom is -0.481 e. The van der Waals surface area contributed by atoms with Crippen molar-refractivity contribution in [3.63, 3.8) is 0 Å². The van der Waals surface area contributed by atoms with Gasteiger partial charge in [-0.05, 0) is 72.7 Å². The second-order valence-corrected chi connectivity index (χ2v) is 9.02. The van der Waals surface area contributed by atoms with Gasteiger partial charge in [0.25, 0.3) is 0 Å². The van der Waals surface area contributed by atoms with E-state index in [1.54, 1.807) is 6.92 Å². The lowest BCUT2D eigenvalue weighted by atomic mass is 9.87. The third kappa shape index (κ3) is 8.27. The Hall–Kier alpha value is -3.58. The number of carboxylic acids is 1. The maximum Gasteiger partial charge on any atom is 0.304 e. The Balaban J connectivity index is 1.68. The predicted octanol–water partition coefficient (Wildman–Crippen LogP) is 6.06. The molecule has 1 atom stereocenters. The van der Waals surface area contributed by atoms with Crippen molar-refractivity contribution in [2.75, 3.05) is 6.54 Å². The number of nitrogens with zero attached hydrogens (tertiary/aromatic N) is 1. The van der Waals surface area contributed by atoms with E-state index in [9.17, 15) is 13.6 Å². The fraction of sp³-hybridized carbons (Fsp3) is 0.310. The summed E-state index contributed by atoms with van der Waals surface area (Å²) in [6.07, 6.45) is 0.613. The van der Waals surface area contributed by atoms with Crippen LogP contribution >= 0.6 is 0 Å². The van der Waals surface area contributed by atoms with Crippen molar-refractivity contribution in [2.24, 2.45) is 5.16 Å². The van der Waals surface area contributed by atoms with Crippen LogP contribution in [0.1, 0.15) is 52.6 Å². The summed E-state index contributed by atoms with van der Waals surface area (Å²) < 4.78 is 28.0. The van der Waals surface area contributed by atoms with Crippen LogP contribution in [0.5, 0.6) is 0 Å². The van der Waals surface area contributed by atoms with Gasteiger partial charge in [-0.15, -0.1) is 0 Å². The summed E-state index contributed by atoms with van der Waals surface area (Å²) in [7, 11) is 0. The van der Waals surface area contributed by atoms with Crippen molar-refractivity contribution in [1.29, 1.82) is 0 Å². The Labute approximate surface area is 210 Å². The Bertz CT molecular complexity index is 1190. The molecule has 0 aliphatic rings. The van der Waals surface area contributed by atoms with E-state index in [2.05, 4.69) is 16.5 Å². The van der Waals surface area contributed by atoms with Gasteiger partial charge in [0.15, 0.2) is 0 Å². The molecule has 5 nitrogen and oxygen atoms in total. The standard InChI is InChI=1S/C29H32F2N2O3/c1-19-4-5-24(12-20(19)2)13-28(25-14-26(30)16-27(31)15-25)21(3)33-36-18-23-8-6-22(7-9-23)17-32-11-10-29(34)35/h4-9,12,14-16,28,32H,10-11,13,17-18H2,1-3H3,(H,34,35). The van der Waals surface area contributed by atoms with Crippen LogP contribution in [-0.2, 0) is 29.2 Å². The Morgan fingerprint density at radius 3 is 2.22 bits per heavy atom. The molecule has 7 heteroatoms. The molecule has 0 saturated heterocycles. The number of carboxylic acid groups (broad SMARTS) is 1. The highest BCUT2D eigenvalue weighted by Crippen LogP contribution is 2.26. The molecule has 0 aromatic heterocycles. The molecule has 2 N–H and O–H groups in total. The highest BCUT2D eigenvalue weighted by molar-refractivity contribution is 5.88. The van der Waals surface area contributed by atoms with Gasteiger partial charge in [-0.2, -0.15) is 0 Å². The third-order valence-corrected chi connectivity index (χ3v) is 6.11. The molecule has 0 heterocycles. The van der Waals surface area contributed by atoms with Gasteiger partial charge in [-0.1, -0.05) is 47.6 Å². The summed E-state index contributed by atoms with van der Waals surface area (Å²) >= 11 is 0. The van der Waals surface area contributed by atoms with E-state index >= 15 is 0 Å². The minimum absolute atomic E-state index is 0.0794. The monoisotopic (exact) mass is 494 g/mol. The van der Waals surface area contributed by atoms with E-state index in [4.69, 9.17) is 9.94 Å². The molecule has 0 fully saturated rings. The molecule has 0 aliphatic heterocycles. The average molecular weight is 495 g/mol. The van der Waals surface area contributed by atoms with E-state index in [0.717, 1.165) is 28.3 Å². The molecule has 3 aromatic rings. The maximum atomic E-state index is 14.0. The molecule has 0 bridgehead atoms. The summed E-state index contributed by atoms with van der Waals surface area (Å²) in [6.45, 7) is 7.12. The molecule has 0 aliphatic carbocycles. The number of aliphatic carboxylic acids is 1. The third-order valence-electron chi connectivity index (χ3n) is 6.11. The van der Waals surface area contributed by atoms with Gasteiger partial charge < -0.3 is 15.3 Å². The molecule has 0 spiro atoms. The first-order valence-electron chi connectivity index (χ1n) is 11.9. The average Bonchev–Trinajstić information content (AvgIpc) is 2.82. The number of benzene rings is 3. The number of hydrogen-bond acceptors (Lipinski definition) is 4. The zero-order chi connectivity index (χ0) is 26.1. The Morgan fingerprint density at radius 2 is 1.58 bits per heavy atom. The molecule has 36 heavy (non-hydrogen) atoms. The number of hydrogen-bond donors (Lipinski definition) is 2. The van der Waals surface area contributed by atoms with Crippen molar-refractivity contribution >= 4 is 11.7 Å². The zero-order valence-electron chi connectivity index (χ0n) is 20.9. The molecular formula is C29H32F2N2O3. The first kappa shape index (κ1) is 27.0. The molecule has 3 rings (SSSR count). The lowest BCUT2D eigenvalue weighted by Crippen LogP contribution is -2.17. The highest BCUT2D eigenvalue weighted by atomic mass is 19.1. The topological polar surface area (TPSA) is 70.9 Å². The first-order chi connectivity index (χ1) is 17.2. The number of carbonyl (C=O) groups is 1. The smallest absolute Gasteiger partial charge is 0.304 e. The SMILES string of the molecule is CC(=NOCc1ccc(CNCCC(=O)O)cc1)C(Cc1ccc(C)c(C)c1)c1cc(F)cc(F)c1. The van der Waals surface area contributed by atoms with Crippen molar-refractivity contribution < 1.29 is 23.5 Å². The number of oxime groups is 1. The quantitative estimate of drug-likeness (QED) is 0.182. The Kier molecular flexibility index (Phi) is 9.70. The fourth-order valence-electron chi connectivity index (χ4n) is 3.90. The van der Waals surface area contributed by atoms with Crippen molar-refractivity contribution in [2.45, 2.75) is 52.7 Å². The second kappa shape index (κ2) is 12.9. The first-order valence-corrected chi connectivity index (χ1v) is 11.9. The molecule has 0 radical (unpaired) electrons. The van der Waals surface area contributed by atoms with Crippen LogP contribution in [0.4, 0.5) is 8.78 Å². The van der Waals surface area contributed by atoms with E-state index in [-0.39, 0.29) is 18.9 Å².